The van der Waals surface area contributed by atoms with Gasteiger partial charge in [-0.2, -0.15) is 0 Å². The van der Waals surface area contributed by atoms with Crippen LogP contribution in [-0.4, -0.2) is 49.3 Å². The molecule has 1 aliphatic rings. The van der Waals surface area contributed by atoms with Crippen LogP contribution in [0.3, 0.4) is 0 Å². The molecule has 0 amide bonds. The van der Waals surface area contributed by atoms with Crippen molar-refractivity contribution in [2.24, 2.45) is 5.92 Å². The zero-order valence-electron chi connectivity index (χ0n) is 11.5. The van der Waals surface area contributed by atoms with Crippen LogP contribution in [-0.2, 0) is 4.74 Å². The van der Waals surface area contributed by atoms with E-state index in [1.54, 1.807) is 0 Å². The highest BCUT2D eigenvalue weighted by atomic mass is 16.5. The van der Waals surface area contributed by atoms with Gasteiger partial charge in [0.05, 0.1) is 12.7 Å². The molecule has 0 spiro atoms. The molecule has 0 bridgehead atoms. The standard InChI is InChI=1S/C13H28N2O/c1-6-14-13(10(2)3)8-15-7-12(5)16-9-11(15)4/h10-14H,6-9H2,1-5H3. The second-order valence-corrected chi connectivity index (χ2v) is 5.36. The molecule has 0 aromatic carbocycles. The van der Waals surface area contributed by atoms with Crippen molar-refractivity contribution in [3.05, 3.63) is 0 Å². The largest absolute Gasteiger partial charge is 0.376 e. The Labute approximate surface area is 101 Å². The van der Waals surface area contributed by atoms with Gasteiger partial charge in [-0.05, 0) is 26.3 Å². The van der Waals surface area contributed by atoms with Crippen LogP contribution in [0.2, 0.25) is 0 Å². The predicted molar refractivity (Wildman–Crippen MR) is 68.8 cm³/mol. The van der Waals surface area contributed by atoms with Crippen molar-refractivity contribution in [1.29, 1.82) is 0 Å². The average Bonchev–Trinajstić information content (AvgIpc) is 2.22. The van der Waals surface area contributed by atoms with Crippen LogP contribution in [0.5, 0.6) is 0 Å². The van der Waals surface area contributed by atoms with Crippen molar-refractivity contribution in [3.8, 4) is 0 Å². The minimum absolute atomic E-state index is 0.380. The van der Waals surface area contributed by atoms with Gasteiger partial charge in [0, 0.05) is 25.2 Å². The molecule has 1 heterocycles. The fourth-order valence-electron chi connectivity index (χ4n) is 2.25. The van der Waals surface area contributed by atoms with Crippen LogP contribution in [0.15, 0.2) is 0 Å². The van der Waals surface area contributed by atoms with E-state index >= 15 is 0 Å². The first-order chi connectivity index (χ1) is 7.54. The highest BCUT2D eigenvalue weighted by Gasteiger charge is 2.26. The lowest BCUT2D eigenvalue weighted by Crippen LogP contribution is -2.53. The van der Waals surface area contributed by atoms with Crippen LogP contribution in [0.1, 0.15) is 34.6 Å². The molecule has 1 N–H and O–H groups in total. The van der Waals surface area contributed by atoms with Crippen molar-refractivity contribution in [1.82, 2.24) is 10.2 Å². The summed E-state index contributed by atoms with van der Waals surface area (Å²) in [5.74, 6) is 0.685. The maximum Gasteiger partial charge on any atom is 0.0674 e. The fraction of sp³-hybridized carbons (Fsp3) is 1.00. The summed E-state index contributed by atoms with van der Waals surface area (Å²) < 4.78 is 5.66. The van der Waals surface area contributed by atoms with Crippen LogP contribution in [0.25, 0.3) is 0 Å². The van der Waals surface area contributed by atoms with Gasteiger partial charge in [-0.1, -0.05) is 20.8 Å². The molecule has 16 heavy (non-hydrogen) atoms. The first-order valence-electron chi connectivity index (χ1n) is 6.63. The summed E-state index contributed by atoms with van der Waals surface area (Å²) in [5, 5.41) is 3.58. The van der Waals surface area contributed by atoms with Gasteiger partial charge in [0.1, 0.15) is 0 Å². The zero-order chi connectivity index (χ0) is 12.1. The van der Waals surface area contributed by atoms with Gasteiger partial charge in [0.2, 0.25) is 0 Å². The number of morpholine rings is 1. The second kappa shape index (κ2) is 6.58. The zero-order valence-corrected chi connectivity index (χ0v) is 11.5. The lowest BCUT2D eigenvalue weighted by molar-refractivity contribution is -0.0534. The monoisotopic (exact) mass is 228 g/mol. The van der Waals surface area contributed by atoms with E-state index in [0.717, 1.165) is 26.2 Å². The highest BCUT2D eigenvalue weighted by Crippen LogP contribution is 2.14. The Kier molecular flexibility index (Phi) is 5.73. The SMILES string of the molecule is CCNC(CN1CC(C)OCC1C)C(C)C. The molecule has 0 aromatic heterocycles. The molecule has 96 valence electrons. The molecular weight excluding hydrogens is 200 g/mol. The summed E-state index contributed by atoms with van der Waals surface area (Å²) in [7, 11) is 0. The number of likely N-dealkylation sites (N-methyl/N-ethyl adjacent to an activating group) is 1. The van der Waals surface area contributed by atoms with Crippen LogP contribution >= 0.6 is 0 Å². The van der Waals surface area contributed by atoms with Crippen molar-refractivity contribution in [2.75, 3.05) is 26.2 Å². The van der Waals surface area contributed by atoms with Gasteiger partial charge in [-0.15, -0.1) is 0 Å². The molecule has 1 aliphatic heterocycles. The summed E-state index contributed by atoms with van der Waals surface area (Å²) in [6.07, 6.45) is 0.380. The van der Waals surface area contributed by atoms with Crippen LogP contribution < -0.4 is 5.32 Å². The predicted octanol–water partition coefficient (Wildman–Crippen LogP) is 1.73. The molecule has 1 saturated heterocycles. The van der Waals surface area contributed by atoms with E-state index in [-0.39, 0.29) is 0 Å². The molecule has 0 radical (unpaired) electrons. The van der Waals surface area contributed by atoms with E-state index in [4.69, 9.17) is 4.74 Å². The number of rotatable bonds is 5. The third-order valence-corrected chi connectivity index (χ3v) is 3.44. The van der Waals surface area contributed by atoms with Gasteiger partial charge in [-0.3, -0.25) is 4.90 Å². The Morgan fingerprint density at radius 2 is 2.06 bits per heavy atom. The molecule has 3 nitrogen and oxygen atoms in total. The molecule has 3 heteroatoms. The summed E-state index contributed by atoms with van der Waals surface area (Å²) in [4.78, 5) is 2.56. The third kappa shape index (κ3) is 4.04. The minimum Gasteiger partial charge on any atom is -0.376 e. The Bertz CT molecular complexity index is 196. The quantitative estimate of drug-likeness (QED) is 0.775. The number of hydrogen-bond acceptors (Lipinski definition) is 3. The lowest BCUT2D eigenvalue weighted by atomic mass is 10.0. The number of ether oxygens (including phenoxy) is 1. The maximum atomic E-state index is 5.66. The van der Waals surface area contributed by atoms with Crippen LogP contribution in [0, 0.1) is 5.92 Å². The van der Waals surface area contributed by atoms with E-state index in [1.165, 1.54) is 0 Å². The lowest BCUT2D eigenvalue weighted by Gasteiger charge is -2.39. The maximum absolute atomic E-state index is 5.66. The molecule has 0 aromatic rings. The Morgan fingerprint density at radius 3 is 2.62 bits per heavy atom. The minimum atomic E-state index is 0.380. The van der Waals surface area contributed by atoms with Gasteiger partial charge >= 0.3 is 0 Å². The van der Waals surface area contributed by atoms with Gasteiger partial charge < -0.3 is 10.1 Å². The highest BCUT2D eigenvalue weighted by molar-refractivity contribution is 4.81. The number of hydrogen-bond donors (Lipinski definition) is 1. The van der Waals surface area contributed by atoms with Gasteiger partial charge in [0.25, 0.3) is 0 Å². The summed E-state index contributed by atoms with van der Waals surface area (Å²) >= 11 is 0. The molecule has 0 saturated carbocycles. The fourth-order valence-corrected chi connectivity index (χ4v) is 2.25. The van der Waals surface area contributed by atoms with Crippen molar-refractivity contribution >= 4 is 0 Å². The topological polar surface area (TPSA) is 24.5 Å². The van der Waals surface area contributed by atoms with Gasteiger partial charge in [-0.25, -0.2) is 0 Å². The molecule has 1 rings (SSSR count). The van der Waals surface area contributed by atoms with Crippen molar-refractivity contribution in [3.63, 3.8) is 0 Å². The molecule has 0 aliphatic carbocycles. The second-order valence-electron chi connectivity index (χ2n) is 5.36. The summed E-state index contributed by atoms with van der Waals surface area (Å²) in [5.41, 5.74) is 0. The van der Waals surface area contributed by atoms with Crippen molar-refractivity contribution in [2.45, 2.75) is 52.8 Å². The first-order valence-corrected chi connectivity index (χ1v) is 6.63. The molecule has 1 fully saturated rings. The van der Waals surface area contributed by atoms with Gasteiger partial charge in [0.15, 0.2) is 0 Å². The van der Waals surface area contributed by atoms with E-state index in [9.17, 15) is 0 Å². The summed E-state index contributed by atoms with van der Waals surface area (Å²) in [6, 6.07) is 1.15. The van der Waals surface area contributed by atoms with E-state index in [0.29, 0.717) is 24.1 Å². The molecular formula is C13H28N2O. The number of nitrogens with zero attached hydrogens (tertiary/aromatic N) is 1. The van der Waals surface area contributed by atoms with E-state index in [2.05, 4.69) is 44.8 Å². The van der Waals surface area contributed by atoms with E-state index < -0.39 is 0 Å². The van der Waals surface area contributed by atoms with Crippen molar-refractivity contribution < 1.29 is 4.74 Å². The smallest absolute Gasteiger partial charge is 0.0674 e. The Hall–Kier alpha value is -0.120. The average molecular weight is 228 g/mol. The summed E-state index contributed by atoms with van der Waals surface area (Å²) in [6.45, 7) is 15.3. The van der Waals surface area contributed by atoms with E-state index in [1.807, 2.05) is 0 Å². The third-order valence-electron chi connectivity index (χ3n) is 3.44. The Morgan fingerprint density at radius 1 is 1.38 bits per heavy atom. The Balaban J connectivity index is 2.48. The van der Waals surface area contributed by atoms with Crippen LogP contribution in [0.4, 0.5) is 0 Å². The normalized spacial score (nSPS) is 29.6. The number of nitrogens with one attached hydrogen (secondary N) is 1. The molecule has 3 unspecified atom stereocenters. The first kappa shape index (κ1) is 13.9. The molecule has 3 atom stereocenters.